The number of H-pyrrole nitrogens is 1. The zero-order valence-electron chi connectivity index (χ0n) is 36.8. The highest BCUT2D eigenvalue weighted by atomic mass is 16.5. The molecule has 5 heterocycles. The first kappa shape index (κ1) is 41.8. The fourth-order valence-electron chi connectivity index (χ4n) is 11.1. The number of fused-ring (bicyclic) bond motifs is 8. The number of allylic oxidation sites excluding steroid dienone is 1. The fourth-order valence-corrected chi connectivity index (χ4v) is 11.1. The van der Waals surface area contributed by atoms with E-state index in [0.717, 1.165) is 93.5 Å². The molecule has 64 heavy (non-hydrogen) atoms. The number of imidazole rings is 1. The van der Waals surface area contributed by atoms with Gasteiger partial charge in [0.2, 0.25) is 11.8 Å². The molecule has 7 atom stereocenters. The van der Waals surface area contributed by atoms with Gasteiger partial charge in [0.05, 0.1) is 43.4 Å². The van der Waals surface area contributed by atoms with Crippen LogP contribution in [0.5, 0.6) is 0 Å². The number of carbonyl (C=O) groups excluding carboxylic acids is 4. The summed E-state index contributed by atoms with van der Waals surface area (Å²) in [4.78, 5) is 70.9. The molecule has 15 heteroatoms. The second-order valence-corrected chi connectivity index (χ2v) is 18.4. The molecule has 3 saturated heterocycles. The highest BCUT2D eigenvalue weighted by Gasteiger charge is 2.52. The summed E-state index contributed by atoms with van der Waals surface area (Å²) in [5.74, 6) is 1.48. The summed E-state index contributed by atoms with van der Waals surface area (Å²) in [5.41, 5.74) is 7.03. The summed E-state index contributed by atoms with van der Waals surface area (Å²) in [6.07, 6.45) is 11.0. The molecule has 15 nitrogen and oxygen atoms in total. The molecule has 2 aliphatic carbocycles. The summed E-state index contributed by atoms with van der Waals surface area (Å²) < 4.78 is 15.3. The molecule has 10 rings (SSSR count). The quantitative estimate of drug-likeness (QED) is 0.139. The van der Waals surface area contributed by atoms with Crippen LogP contribution >= 0.6 is 0 Å². The van der Waals surface area contributed by atoms with Crippen molar-refractivity contribution >= 4 is 57.7 Å². The number of aromatic amines is 1. The van der Waals surface area contributed by atoms with Gasteiger partial charge < -0.3 is 44.9 Å². The minimum Gasteiger partial charge on any atom is -0.453 e. The molecule has 4 aromatic rings. The number of alkyl carbamates (subject to hydrolysis) is 2. The third-order valence-electron chi connectivity index (χ3n) is 14.4. The number of hydrogen-bond acceptors (Lipinski definition) is 10. The molecule has 2 unspecified atom stereocenters. The van der Waals surface area contributed by atoms with Crippen LogP contribution in [-0.4, -0.2) is 108 Å². The number of piperidine rings is 1. The normalized spacial score (nSPS) is 24.7. The average Bonchev–Trinajstić information content (AvgIpc) is 4.15. The van der Waals surface area contributed by atoms with E-state index >= 15 is 0 Å². The van der Waals surface area contributed by atoms with E-state index in [4.69, 9.17) is 24.2 Å². The number of aromatic nitrogens is 2. The van der Waals surface area contributed by atoms with E-state index < -0.39 is 24.3 Å². The van der Waals surface area contributed by atoms with Gasteiger partial charge in [0.25, 0.3) is 0 Å². The van der Waals surface area contributed by atoms with E-state index in [9.17, 15) is 19.2 Å². The van der Waals surface area contributed by atoms with Gasteiger partial charge >= 0.3 is 12.2 Å². The van der Waals surface area contributed by atoms with E-state index in [1.165, 1.54) is 14.2 Å². The van der Waals surface area contributed by atoms with Crippen LogP contribution in [0.25, 0.3) is 39.0 Å². The lowest BCUT2D eigenvalue weighted by molar-refractivity contribution is -0.137. The minimum atomic E-state index is -0.697. The Morgan fingerprint density at radius 2 is 1.66 bits per heavy atom. The van der Waals surface area contributed by atoms with Crippen molar-refractivity contribution in [2.75, 3.05) is 34.0 Å². The molecule has 4 amide bonds. The maximum atomic E-state index is 14.2. The Labute approximate surface area is 372 Å². The number of likely N-dealkylation sites (tertiary alicyclic amines) is 2. The number of rotatable bonds is 9. The van der Waals surface area contributed by atoms with Crippen molar-refractivity contribution in [3.8, 4) is 11.1 Å². The summed E-state index contributed by atoms with van der Waals surface area (Å²) in [5, 5.41) is 11.3. The molecule has 4 fully saturated rings. The third kappa shape index (κ3) is 7.56. The van der Waals surface area contributed by atoms with Crippen molar-refractivity contribution in [1.82, 2.24) is 35.7 Å². The number of nitrogens with one attached hydrogen (secondary N) is 4. The molecule has 4 aliphatic heterocycles. The molecule has 4 N–H and O–H groups in total. The number of carbonyl (C=O) groups is 4. The molecule has 6 aliphatic rings. The number of amides is 4. The van der Waals surface area contributed by atoms with Crippen molar-refractivity contribution in [3.63, 3.8) is 0 Å². The van der Waals surface area contributed by atoms with Crippen LogP contribution in [0.15, 0.2) is 71.4 Å². The van der Waals surface area contributed by atoms with Gasteiger partial charge in [-0.05, 0) is 121 Å². The van der Waals surface area contributed by atoms with Crippen LogP contribution in [0.3, 0.4) is 0 Å². The highest BCUT2D eigenvalue weighted by Crippen LogP contribution is 2.45. The van der Waals surface area contributed by atoms with E-state index in [1.807, 2.05) is 23.6 Å². The van der Waals surface area contributed by atoms with Crippen LogP contribution in [-0.2, 0) is 23.8 Å². The number of methoxy groups -OCH3 is 2. The first-order valence-corrected chi connectivity index (χ1v) is 22.8. The van der Waals surface area contributed by atoms with Gasteiger partial charge in [-0.3, -0.25) is 14.6 Å². The Bertz CT molecular complexity index is 2610. The topological polar surface area (TPSA) is 180 Å². The Hall–Kier alpha value is -6.22. The van der Waals surface area contributed by atoms with Gasteiger partial charge in [0.15, 0.2) is 0 Å². The second kappa shape index (κ2) is 17.1. The molecule has 0 spiro atoms. The first-order valence-electron chi connectivity index (χ1n) is 22.8. The Morgan fingerprint density at radius 1 is 0.875 bits per heavy atom. The van der Waals surface area contributed by atoms with Crippen molar-refractivity contribution < 1.29 is 33.4 Å². The predicted molar refractivity (Wildman–Crippen MR) is 242 cm³/mol. The van der Waals surface area contributed by atoms with Crippen LogP contribution in [0.2, 0.25) is 0 Å². The maximum Gasteiger partial charge on any atom is 0.407 e. The van der Waals surface area contributed by atoms with Gasteiger partial charge in [0, 0.05) is 36.9 Å². The van der Waals surface area contributed by atoms with Crippen molar-refractivity contribution in [2.24, 2.45) is 22.7 Å². The second-order valence-electron chi connectivity index (χ2n) is 18.4. The van der Waals surface area contributed by atoms with E-state index in [-0.39, 0.29) is 47.8 Å². The lowest BCUT2D eigenvalue weighted by atomic mass is 9.90. The molecule has 3 aromatic carbocycles. The number of nitrogens with zero attached hydrogens (tertiary/aromatic N) is 4. The molecule has 0 radical (unpaired) electrons. The Kier molecular flexibility index (Phi) is 11.1. The lowest BCUT2D eigenvalue weighted by Crippen LogP contribution is -2.59. The van der Waals surface area contributed by atoms with Gasteiger partial charge in [-0.2, -0.15) is 0 Å². The minimum absolute atomic E-state index is 0.0363. The number of aliphatic imine (C=N–C) groups is 1. The van der Waals surface area contributed by atoms with Crippen molar-refractivity contribution in [2.45, 2.75) is 95.0 Å². The molecule has 1 saturated carbocycles. The Morgan fingerprint density at radius 3 is 2.45 bits per heavy atom. The summed E-state index contributed by atoms with van der Waals surface area (Å²) in [6.45, 7) is 5.58. The van der Waals surface area contributed by atoms with Crippen LogP contribution in [0.1, 0.15) is 87.8 Å². The molecular formula is C49H56N8O7. The monoisotopic (exact) mass is 868 g/mol. The van der Waals surface area contributed by atoms with Gasteiger partial charge in [-0.1, -0.05) is 50.3 Å². The third-order valence-corrected chi connectivity index (χ3v) is 14.4. The molecular weight excluding hydrogens is 813 g/mol. The SMILES string of the molecule is COC(=O)N[C@H](C(=O)N1C(C2=NC3C=C(C=Cc4cc(-c5ccc6c(ccc7[nH]c([C@@H]8CCCN8C(=O)[C@@H](NC(=O)OC)C8CCOCC8)nc76)c5)ccc43)N2)[C@H]2CC[C@@H]1C2)C(C)C. The van der Waals surface area contributed by atoms with E-state index in [2.05, 4.69) is 87.7 Å². The van der Waals surface area contributed by atoms with Crippen molar-refractivity contribution in [1.29, 1.82) is 0 Å². The maximum absolute atomic E-state index is 14.2. The molecule has 334 valence electrons. The largest absolute Gasteiger partial charge is 0.453 e. The number of benzene rings is 3. The predicted octanol–water partition coefficient (Wildman–Crippen LogP) is 6.91. The van der Waals surface area contributed by atoms with E-state index in [0.29, 0.717) is 38.5 Å². The van der Waals surface area contributed by atoms with Gasteiger partial charge in [-0.15, -0.1) is 0 Å². The summed E-state index contributed by atoms with van der Waals surface area (Å²) in [6, 6.07) is 15.2. The van der Waals surface area contributed by atoms with Crippen LogP contribution in [0.4, 0.5) is 9.59 Å². The highest BCUT2D eigenvalue weighted by molar-refractivity contribution is 6.05. The van der Waals surface area contributed by atoms with Crippen molar-refractivity contribution in [3.05, 3.63) is 83.3 Å². The van der Waals surface area contributed by atoms with Gasteiger partial charge in [-0.25, -0.2) is 14.6 Å². The smallest absolute Gasteiger partial charge is 0.407 e. The summed E-state index contributed by atoms with van der Waals surface area (Å²) >= 11 is 0. The van der Waals surface area contributed by atoms with Crippen LogP contribution < -0.4 is 16.0 Å². The number of amidine groups is 1. The standard InChI is InChI=1S/C49H56N8O7/c1-26(2)40(54-48(60)62-3)47(59)57-34-13-8-32(24-34)43(57)45-50-33-12-7-30-22-28(9-14-35(30)38(25-33)52-45)29-10-15-36-31(23-29)11-16-37-42(36)53-44(51-37)39-6-5-19-56(39)46(58)41(55-49(61)63-4)27-17-20-64-21-18-27/h7,9-12,14-16,22-23,25-27,32,34,38-41,43H,5-6,8,13,17-21,24H2,1-4H3,(H,50,52)(H,51,53)(H,54,60)(H,55,61)/t32-,34+,38?,39-,40-,41-,43?/m0/s1. The molecule has 1 aromatic heterocycles. The number of ether oxygens (including phenoxy) is 3. The summed E-state index contributed by atoms with van der Waals surface area (Å²) in [7, 11) is 2.63. The number of hydrogen-bond donors (Lipinski definition) is 4. The van der Waals surface area contributed by atoms with Gasteiger partial charge in [0.1, 0.15) is 23.7 Å². The Balaban J connectivity index is 0.897. The fraction of sp³-hybridized carbons (Fsp3) is 0.469. The molecule has 4 bridgehead atoms. The lowest BCUT2D eigenvalue weighted by Gasteiger charge is -2.40. The average molecular weight is 869 g/mol. The zero-order chi connectivity index (χ0) is 44.2. The van der Waals surface area contributed by atoms with E-state index in [1.54, 1.807) is 0 Å². The van der Waals surface area contributed by atoms with Crippen LogP contribution in [0, 0.1) is 17.8 Å². The first-order chi connectivity index (χ1) is 31.1. The zero-order valence-corrected chi connectivity index (χ0v) is 36.8.